The van der Waals surface area contributed by atoms with Crippen LogP contribution in [0.1, 0.15) is 51.4 Å². The van der Waals surface area contributed by atoms with Gasteiger partial charge in [0, 0.05) is 37.3 Å². The number of carbonyl (C=O) groups excluding carboxylic acids is 2. The van der Waals surface area contributed by atoms with Crippen molar-refractivity contribution in [3.8, 4) is 0 Å². The van der Waals surface area contributed by atoms with E-state index < -0.39 is 11.7 Å². The first-order valence-electron chi connectivity index (χ1n) is 9.54. The Balaban J connectivity index is 2.69. The first kappa shape index (κ1) is 23.5. The third kappa shape index (κ3) is 8.42. The SMILES string of the molecule is C=CCN(CC=C)c1ccc(C(=O)CC(C)(C)CNC(=O)OC(C)(C)C)cc1. The van der Waals surface area contributed by atoms with Gasteiger partial charge in [-0.3, -0.25) is 4.79 Å². The van der Waals surface area contributed by atoms with Crippen LogP contribution in [-0.2, 0) is 4.74 Å². The topological polar surface area (TPSA) is 58.6 Å². The second-order valence-corrected chi connectivity index (χ2v) is 8.65. The van der Waals surface area contributed by atoms with Crippen LogP contribution in [0.2, 0.25) is 0 Å². The van der Waals surface area contributed by atoms with Gasteiger partial charge in [-0.25, -0.2) is 4.79 Å². The molecule has 0 saturated heterocycles. The third-order valence-electron chi connectivity index (χ3n) is 4.00. The summed E-state index contributed by atoms with van der Waals surface area (Å²) < 4.78 is 5.24. The zero-order valence-electron chi connectivity index (χ0n) is 17.9. The number of ketones is 1. The summed E-state index contributed by atoms with van der Waals surface area (Å²) in [6.45, 7) is 18.7. The van der Waals surface area contributed by atoms with E-state index in [1.807, 2.05) is 71.0 Å². The van der Waals surface area contributed by atoms with E-state index in [9.17, 15) is 9.59 Å². The number of alkyl carbamates (subject to hydrolysis) is 1. The first-order valence-corrected chi connectivity index (χ1v) is 9.54. The summed E-state index contributed by atoms with van der Waals surface area (Å²) in [7, 11) is 0. The molecule has 0 unspecified atom stereocenters. The molecule has 0 heterocycles. The monoisotopic (exact) mass is 386 g/mol. The van der Waals surface area contributed by atoms with Crippen molar-refractivity contribution >= 4 is 17.6 Å². The van der Waals surface area contributed by atoms with Crippen LogP contribution < -0.4 is 10.2 Å². The minimum atomic E-state index is -0.545. The van der Waals surface area contributed by atoms with Gasteiger partial charge in [-0.05, 0) is 50.5 Å². The molecule has 1 aromatic carbocycles. The molecule has 0 aromatic heterocycles. The molecule has 0 aliphatic carbocycles. The summed E-state index contributed by atoms with van der Waals surface area (Å²) in [5.41, 5.74) is 0.745. The fourth-order valence-electron chi connectivity index (χ4n) is 2.68. The molecule has 0 aliphatic heterocycles. The highest BCUT2D eigenvalue weighted by Gasteiger charge is 2.25. The van der Waals surface area contributed by atoms with Crippen molar-refractivity contribution in [1.82, 2.24) is 5.32 Å². The predicted molar refractivity (Wildman–Crippen MR) is 116 cm³/mol. The summed E-state index contributed by atoms with van der Waals surface area (Å²) in [4.78, 5) is 26.6. The second-order valence-electron chi connectivity index (χ2n) is 8.65. The number of benzene rings is 1. The van der Waals surface area contributed by atoms with Crippen LogP contribution in [0.5, 0.6) is 0 Å². The van der Waals surface area contributed by atoms with Crippen molar-refractivity contribution in [3.63, 3.8) is 0 Å². The zero-order chi connectivity index (χ0) is 21.4. The average Bonchev–Trinajstić information content (AvgIpc) is 2.58. The highest BCUT2D eigenvalue weighted by Crippen LogP contribution is 2.24. The quantitative estimate of drug-likeness (QED) is 0.455. The molecule has 0 bridgehead atoms. The Morgan fingerprint density at radius 1 is 1.04 bits per heavy atom. The Morgan fingerprint density at radius 2 is 1.57 bits per heavy atom. The Bertz CT molecular complexity index is 675. The van der Waals surface area contributed by atoms with E-state index in [4.69, 9.17) is 4.74 Å². The first-order chi connectivity index (χ1) is 13.0. The van der Waals surface area contributed by atoms with E-state index in [-0.39, 0.29) is 11.2 Å². The van der Waals surface area contributed by atoms with Gasteiger partial charge in [0.25, 0.3) is 0 Å². The van der Waals surface area contributed by atoms with Gasteiger partial charge in [0.15, 0.2) is 5.78 Å². The standard InChI is InChI=1S/C23H34N2O3/c1-8-14-25(15-9-2)19-12-10-18(11-13-19)20(26)16-23(6,7)17-24-21(27)28-22(3,4)5/h8-13H,1-2,14-17H2,3-7H3,(H,24,27). The Morgan fingerprint density at radius 3 is 2.04 bits per heavy atom. The molecule has 154 valence electrons. The predicted octanol–water partition coefficient (Wildman–Crippen LogP) is 4.99. The number of ether oxygens (including phenoxy) is 1. The largest absolute Gasteiger partial charge is 0.444 e. The van der Waals surface area contributed by atoms with Gasteiger partial charge in [-0.1, -0.05) is 26.0 Å². The molecule has 0 saturated carbocycles. The molecule has 5 heteroatoms. The summed E-state index contributed by atoms with van der Waals surface area (Å²) in [6.07, 6.45) is 3.53. The zero-order valence-corrected chi connectivity index (χ0v) is 17.9. The second kappa shape index (κ2) is 10.1. The molecule has 28 heavy (non-hydrogen) atoms. The Hall–Kier alpha value is -2.56. The van der Waals surface area contributed by atoms with Crippen molar-refractivity contribution in [2.24, 2.45) is 5.41 Å². The van der Waals surface area contributed by atoms with E-state index in [1.165, 1.54) is 0 Å². The van der Waals surface area contributed by atoms with Crippen LogP contribution in [0.25, 0.3) is 0 Å². The van der Waals surface area contributed by atoms with Gasteiger partial charge in [0.2, 0.25) is 0 Å². The highest BCUT2D eigenvalue weighted by atomic mass is 16.6. The van der Waals surface area contributed by atoms with Gasteiger partial charge in [-0.15, -0.1) is 13.2 Å². The summed E-state index contributed by atoms with van der Waals surface area (Å²) in [5, 5.41) is 2.75. The number of amides is 1. The van der Waals surface area contributed by atoms with Gasteiger partial charge in [-0.2, -0.15) is 0 Å². The number of anilines is 1. The van der Waals surface area contributed by atoms with Crippen LogP contribution in [0.4, 0.5) is 10.5 Å². The van der Waals surface area contributed by atoms with Gasteiger partial charge >= 0.3 is 6.09 Å². The maximum absolute atomic E-state index is 12.7. The average molecular weight is 387 g/mol. The van der Waals surface area contributed by atoms with Crippen molar-refractivity contribution in [1.29, 1.82) is 0 Å². The molecular formula is C23H34N2O3. The fourth-order valence-corrected chi connectivity index (χ4v) is 2.68. The molecule has 0 fully saturated rings. The molecule has 0 atom stereocenters. The van der Waals surface area contributed by atoms with Crippen LogP contribution in [0.3, 0.4) is 0 Å². The van der Waals surface area contributed by atoms with E-state index in [1.54, 1.807) is 0 Å². The summed E-state index contributed by atoms with van der Waals surface area (Å²) in [6, 6.07) is 7.56. The molecule has 1 N–H and O–H groups in total. The molecule has 0 spiro atoms. The van der Waals surface area contributed by atoms with Crippen LogP contribution in [0.15, 0.2) is 49.6 Å². The molecule has 0 radical (unpaired) electrons. The number of hydrogen-bond acceptors (Lipinski definition) is 4. The summed E-state index contributed by atoms with van der Waals surface area (Å²) >= 11 is 0. The van der Waals surface area contributed by atoms with E-state index in [0.29, 0.717) is 31.6 Å². The minimum Gasteiger partial charge on any atom is -0.444 e. The minimum absolute atomic E-state index is 0.0431. The fraction of sp³-hybridized carbons (Fsp3) is 0.478. The number of nitrogens with zero attached hydrogens (tertiary/aromatic N) is 1. The lowest BCUT2D eigenvalue weighted by Gasteiger charge is -2.26. The molecule has 5 nitrogen and oxygen atoms in total. The normalized spacial score (nSPS) is 11.5. The van der Waals surface area contributed by atoms with E-state index in [2.05, 4.69) is 23.4 Å². The molecule has 1 rings (SSSR count). The molecular weight excluding hydrogens is 352 g/mol. The third-order valence-corrected chi connectivity index (χ3v) is 4.00. The van der Waals surface area contributed by atoms with Crippen LogP contribution in [0, 0.1) is 5.41 Å². The number of nitrogens with one attached hydrogen (secondary N) is 1. The number of carbonyl (C=O) groups is 2. The maximum Gasteiger partial charge on any atom is 0.407 e. The molecule has 1 amide bonds. The number of Topliss-reactive ketones (excluding diaryl/α,β-unsaturated/α-hetero) is 1. The van der Waals surface area contributed by atoms with Crippen molar-refractivity contribution < 1.29 is 14.3 Å². The van der Waals surface area contributed by atoms with Gasteiger partial charge < -0.3 is 15.0 Å². The maximum atomic E-state index is 12.7. The molecule has 1 aromatic rings. The number of hydrogen-bond donors (Lipinski definition) is 1. The lowest BCUT2D eigenvalue weighted by atomic mass is 9.85. The van der Waals surface area contributed by atoms with E-state index >= 15 is 0 Å². The van der Waals surface area contributed by atoms with Crippen molar-refractivity contribution in [2.45, 2.75) is 46.6 Å². The Kier molecular flexibility index (Phi) is 8.48. The number of rotatable bonds is 10. The van der Waals surface area contributed by atoms with Crippen LogP contribution >= 0.6 is 0 Å². The van der Waals surface area contributed by atoms with Gasteiger partial charge in [0.1, 0.15) is 5.60 Å². The summed E-state index contributed by atoms with van der Waals surface area (Å²) in [5.74, 6) is 0.0431. The highest BCUT2D eigenvalue weighted by molar-refractivity contribution is 5.96. The smallest absolute Gasteiger partial charge is 0.407 e. The lowest BCUT2D eigenvalue weighted by molar-refractivity contribution is 0.0500. The van der Waals surface area contributed by atoms with Crippen molar-refractivity contribution in [3.05, 3.63) is 55.1 Å². The van der Waals surface area contributed by atoms with Crippen LogP contribution in [-0.4, -0.2) is 37.1 Å². The lowest BCUT2D eigenvalue weighted by Crippen LogP contribution is -2.38. The van der Waals surface area contributed by atoms with E-state index in [0.717, 1.165) is 5.69 Å². The van der Waals surface area contributed by atoms with Gasteiger partial charge in [0.05, 0.1) is 0 Å². The molecule has 0 aliphatic rings. The van der Waals surface area contributed by atoms with Crippen molar-refractivity contribution in [2.75, 3.05) is 24.5 Å². The Labute approximate surface area is 169 Å².